The molecule has 0 radical (unpaired) electrons. The number of hydrogen-bond acceptors (Lipinski definition) is 15. The van der Waals surface area contributed by atoms with Gasteiger partial charge < -0.3 is 61.6 Å². The minimum atomic E-state index is -3.73. The molecule has 1 saturated heterocycles. The first-order valence-electron chi connectivity index (χ1n) is 18.2. The Hall–Kier alpha value is -1.39. The van der Waals surface area contributed by atoms with E-state index in [1.54, 1.807) is 24.3 Å². The van der Waals surface area contributed by atoms with Crippen LogP contribution in [0.25, 0.3) is 0 Å². The van der Waals surface area contributed by atoms with E-state index in [1.165, 1.54) is 4.31 Å². The van der Waals surface area contributed by atoms with Crippen LogP contribution in [0.2, 0.25) is 0 Å². The Balaban J connectivity index is 1.66. The van der Waals surface area contributed by atoms with Gasteiger partial charge in [-0.1, -0.05) is 17.7 Å². The van der Waals surface area contributed by atoms with Crippen molar-refractivity contribution in [2.45, 2.75) is 11.8 Å². The topological polar surface area (TPSA) is 157 Å². The number of nitrogens with zero attached hydrogens (tertiary/aromatic N) is 1. The SMILES string of the molecule is Cc1ccc(S(=O)(=O)N2CCOCCOCCOCCOCCOCCOCCOCCOCCOCCOCCOCCOCCOCC2)cc1. The third kappa shape index (κ3) is 26.4. The largest absolute Gasteiger partial charge is 0.378 e. The van der Waals surface area contributed by atoms with Crippen molar-refractivity contribution >= 4 is 10.0 Å². The lowest BCUT2D eigenvalue weighted by molar-refractivity contribution is -0.0294. The van der Waals surface area contributed by atoms with Crippen LogP contribution in [0.5, 0.6) is 0 Å². The Labute approximate surface area is 310 Å². The van der Waals surface area contributed by atoms with E-state index in [9.17, 15) is 8.42 Å². The number of ether oxygens (including phenoxy) is 13. The van der Waals surface area contributed by atoms with Gasteiger partial charge in [0.1, 0.15) is 0 Å². The van der Waals surface area contributed by atoms with Gasteiger partial charge in [-0.15, -0.1) is 0 Å². The van der Waals surface area contributed by atoms with Crippen LogP contribution in [0.15, 0.2) is 29.2 Å². The highest BCUT2D eigenvalue weighted by atomic mass is 32.2. The molecule has 0 aromatic heterocycles. The molecule has 0 unspecified atom stereocenters. The molecule has 16 nitrogen and oxygen atoms in total. The summed E-state index contributed by atoms with van der Waals surface area (Å²) in [7, 11) is -3.73. The van der Waals surface area contributed by atoms with E-state index < -0.39 is 10.0 Å². The molecule has 1 fully saturated rings. The van der Waals surface area contributed by atoms with Crippen LogP contribution in [0.4, 0.5) is 0 Å². The van der Waals surface area contributed by atoms with Gasteiger partial charge in [-0.3, -0.25) is 0 Å². The van der Waals surface area contributed by atoms with Crippen molar-refractivity contribution in [3.8, 4) is 0 Å². The van der Waals surface area contributed by atoms with Crippen molar-refractivity contribution in [1.82, 2.24) is 4.31 Å². The van der Waals surface area contributed by atoms with E-state index in [0.29, 0.717) is 159 Å². The first-order chi connectivity index (χ1) is 25.6. The van der Waals surface area contributed by atoms with Crippen LogP contribution in [-0.2, 0) is 71.6 Å². The molecule has 1 heterocycles. The fourth-order valence-corrected chi connectivity index (χ4v) is 5.69. The number of hydrogen-bond donors (Lipinski definition) is 0. The summed E-state index contributed by atoms with van der Waals surface area (Å²) in [6.45, 7) is 13.4. The summed E-state index contributed by atoms with van der Waals surface area (Å²) in [5, 5.41) is 0. The van der Waals surface area contributed by atoms with Crippen LogP contribution < -0.4 is 0 Å². The van der Waals surface area contributed by atoms with E-state index >= 15 is 0 Å². The van der Waals surface area contributed by atoms with Crippen molar-refractivity contribution in [1.29, 1.82) is 0 Å². The van der Waals surface area contributed by atoms with Crippen LogP contribution in [0.3, 0.4) is 0 Å². The average molecular weight is 770 g/mol. The fourth-order valence-electron chi connectivity index (χ4n) is 4.29. The summed E-state index contributed by atoms with van der Waals surface area (Å²) in [4.78, 5) is 0.228. The van der Waals surface area contributed by atoms with Gasteiger partial charge in [0.05, 0.1) is 177 Å². The zero-order valence-corrected chi connectivity index (χ0v) is 31.9. The zero-order chi connectivity index (χ0) is 37.1. The van der Waals surface area contributed by atoms with Crippen LogP contribution >= 0.6 is 0 Å². The molecule has 0 N–H and O–H groups in total. The molecular formula is C35H63NO15S. The van der Waals surface area contributed by atoms with E-state index in [-0.39, 0.29) is 31.2 Å². The molecule has 17 heteroatoms. The second kappa shape index (κ2) is 34.1. The normalized spacial score (nSPS) is 22.3. The summed E-state index contributed by atoms with van der Waals surface area (Å²) < 4.78 is 100. The predicted octanol–water partition coefficient (Wildman–Crippen LogP) is 1.22. The summed E-state index contributed by atoms with van der Waals surface area (Å²) in [5.74, 6) is 0. The molecule has 2 rings (SSSR count). The first-order valence-corrected chi connectivity index (χ1v) is 19.6. The van der Waals surface area contributed by atoms with E-state index in [0.717, 1.165) is 5.56 Å². The summed E-state index contributed by atoms with van der Waals surface area (Å²) in [6, 6.07) is 6.79. The minimum absolute atomic E-state index is 0.177. The van der Waals surface area contributed by atoms with E-state index in [2.05, 4.69) is 0 Å². The number of sulfonamides is 1. The van der Waals surface area contributed by atoms with E-state index in [4.69, 9.17) is 61.6 Å². The van der Waals surface area contributed by atoms with Crippen LogP contribution in [-0.4, -0.2) is 198 Å². The molecule has 0 aliphatic carbocycles. The molecule has 0 bridgehead atoms. The Kier molecular flexibility index (Phi) is 30.7. The van der Waals surface area contributed by atoms with Crippen molar-refractivity contribution < 1.29 is 70.0 Å². The Morgan fingerprint density at radius 2 is 0.538 bits per heavy atom. The molecule has 52 heavy (non-hydrogen) atoms. The molecule has 0 spiro atoms. The van der Waals surface area contributed by atoms with Crippen molar-refractivity contribution in [3.05, 3.63) is 29.8 Å². The molecular weight excluding hydrogens is 706 g/mol. The van der Waals surface area contributed by atoms with Gasteiger partial charge in [0.25, 0.3) is 0 Å². The van der Waals surface area contributed by atoms with Crippen LogP contribution in [0, 0.1) is 6.92 Å². The Morgan fingerprint density at radius 1 is 0.346 bits per heavy atom. The number of rotatable bonds is 2. The summed E-state index contributed by atoms with van der Waals surface area (Å²) in [6.07, 6.45) is 0. The molecule has 1 aromatic carbocycles. The second-order valence-electron chi connectivity index (χ2n) is 11.2. The Bertz CT molecular complexity index is 980. The first kappa shape index (κ1) is 46.8. The number of benzene rings is 1. The smallest absolute Gasteiger partial charge is 0.243 e. The van der Waals surface area contributed by atoms with Crippen molar-refractivity contribution in [3.63, 3.8) is 0 Å². The molecule has 0 amide bonds. The lowest BCUT2D eigenvalue weighted by Gasteiger charge is -2.22. The average Bonchev–Trinajstić information content (AvgIpc) is 3.14. The highest BCUT2D eigenvalue weighted by molar-refractivity contribution is 7.89. The number of aryl methyl sites for hydroxylation is 1. The van der Waals surface area contributed by atoms with Gasteiger partial charge in [0, 0.05) is 13.1 Å². The minimum Gasteiger partial charge on any atom is -0.378 e. The fraction of sp³-hybridized carbons (Fsp3) is 0.829. The maximum atomic E-state index is 13.4. The standard InChI is InChI=1S/C35H63NO15S/c1-34-2-4-35(5-3-34)52(37,38)36-6-8-39-10-12-41-14-16-43-18-20-45-22-24-47-26-28-49-30-32-51-33-31-50-29-27-48-25-23-46-21-19-44-17-15-42-13-11-40-9-7-36/h2-5H,6-33H2,1H3. The molecule has 1 aliphatic rings. The monoisotopic (exact) mass is 769 g/mol. The van der Waals surface area contributed by atoms with Gasteiger partial charge >= 0.3 is 0 Å². The predicted molar refractivity (Wildman–Crippen MR) is 191 cm³/mol. The lowest BCUT2D eigenvalue weighted by Crippen LogP contribution is -2.37. The molecule has 0 atom stereocenters. The molecule has 304 valence electrons. The lowest BCUT2D eigenvalue weighted by atomic mass is 10.2. The highest BCUT2D eigenvalue weighted by Gasteiger charge is 2.24. The third-order valence-corrected chi connectivity index (χ3v) is 9.01. The van der Waals surface area contributed by atoms with Gasteiger partial charge in [-0.2, -0.15) is 4.31 Å². The molecule has 1 aromatic rings. The second-order valence-corrected chi connectivity index (χ2v) is 13.1. The summed E-state index contributed by atoms with van der Waals surface area (Å²) >= 11 is 0. The van der Waals surface area contributed by atoms with Gasteiger partial charge in [0.15, 0.2) is 0 Å². The maximum absolute atomic E-state index is 13.4. The zero-order valence-electron chi connectivity index (χ0n) is 31.1. The highest BCUT2D eigenvalue weighted by Crippen LogP contribution is 2.16. The van der Waals surface area contributed by atoms with Gasteiger partial charge in [0.2, 0.25) is 10.0 Å². The van der Waals surface area contributed by atoms with Crippen LogP contribution in [0.1, 0.15) is 5.56 Å². The maximum Gasteiger partial charge on any atom is 0.243 e. The summed E-state index contributed by atoms with van der Waals surface area (Å²) in [5.41, 5.74) is 0.980. The molecule has 0 saturated carbocycles. The van der Waals surface area contributed by atoms with Crippen molar-refractivity contribution in [2.24, 2.45) is 0 Å². The van der Waals surface area contributed by atoms with Gasteiger partial charge in [-0.25, -0.2) is 8.42 Å². The van der Waals surface area contributed by atoms with Crippen molar-refractivity contribution in [2.75, 3.05) is 185 Å². The Morgan fingerprint density at radius 3 is 0.750 bits per heavy atom. The third-order valence-electron chi connectivity index (χ3n) is 7.09. The molecule has 1 aliphatic heterocycles. The van der Waals surface area contributed by atoms with E-state index in [1.807, 2.05) is 6.92 Å². The quantitative estimate of drug-likeness (QED) is 0.423. The van der Waals surface area contributed by atoms with Gasteiger partial charge in [-0.05, 0) is 19.1 Å².